The zero-order valence-electron chi connectivity index (χ0n) is 9.04. The van der Waals surface area contributed by atoms with Crippen LogP contribution in [0.3, 0.4) is 0 Å². The summed E-state index contributed by atoms with van der Waals surface area (Å²) in [7, 11) is 0. The molecule has 0 fully saturated rings. The molecule has 0 aliphatic carbocycles. The highest BCUT2D eigenvalue weighted by Gasteiger charge is 2.17. The van der Waals surface area contributed by atoms with Crippen molar-refractivity contribution in [1.82, 2.24) is 9.97 Å². The summed E-state index contributed by atoms with van der Waals surface area (Å²) in [5, 5.41) is 2.49. The number of hydrogen-bond acceptors (Lipinski definition) is 4. The Morgan fingerprint density at radius 2 is 2.06 bits per heavy atom. The monoisotopic (exact) mass is 351 g/mol. The Bertz CT molecular complexity index is 404. The van der Waals surface area contributed by atoms with Crippen LogP contribution in [-0.4, -0.2) is 21.7 Å². The summed E-state index contributed by atoms with van der Waals surface area (Å²) in [5.41, 5.74) is -0.542. The highest BCUT2D eigenvalue weighted by atomic mass is 79.9. The van der Waals surface area contributed by atoms with Crippen LogP contribution in [0.4, 0.5) is 10.6 Å². The molecule has 1 rings (SSSR count). The minimum Gasteiger partial charge on any atom is -0.444 e. The van der Waals surface area contributed by atoms with E-state index >= 15 is 0 Å². The molecule has 0 aliphatic rings. The number of carbonyl (C=O) groups is 1. The molecule has 7 heteroatoms. The van der Waals surface area contributed by atoms with Crippen molar-refractivity contribution in [2.45, 2.75) is 26.4 Å². The largest absolute Gasteiger partial charge is 0.444 e. The summed E-state index contributed by atoms with van der Waals surface area (Å²) in [5.74, 6) is 0.317. The molecule has 0 saturated heterocycles. The SMILES string of the molecule is CC(C)(C)OC(=O)Nc1ncc(Br)nc1Br. The quantitative estimate of drug-likeness (QED) is 0.841. The molecule has 1 N–H and O–H groups in total. The molecule has 88 valence electrons. The van der Waals surface area contributed by atoms with Gasteiger partial charge >= 0.3 is 6.09 Å². The number of nitrogens with zero attached hydrogens (tertiary/aromatic N) is 2. The molecule has 0 aliphatic heterocycles. The van der Waals surface area contributed by atoms with Crippen LogP contribution in [0.15, 0.2) is 15.4 Å². The first-order chi connectivity index (χ1) is 7.28. The minimum absolute atomic E-state index is 0.317. The molecule has 0 aromatic carbocycles. The minimum atomic E-state index is -0.565. The number of carbonyl (C=O) groups excluding carboxylic acids is 1. The van der Waals surface area contributed by atoms with Crippen LogP contribution in [0.2, 0.25) is 0 Å². The van der Waals surface area contributed by atoms with E-state index in [1.165, 1.54) is 6.20 Å². The van der Waals surface area contributed by atoms with Crippen molar-refractivity contribution in [3.8, 4) is 0 Å². The van der Waals surface area contributed by atoms with Gasteiger partial charge in [-0.05, 0) is 52.6 Å². The smallest absolute Gasteiger partial charge is 0.413 e. The van der Waals surface area contributed by atoms with Crippen LogP contribution in [-0.2, 0) is 4.74 Å². The molecule has 1 aromatic rings. The molecule has 5 nitrogen and oxygen atoms in total. The van der Waals surface area contributed by atoms with Gasteiger partial charge in [0.2, 0.25) is 0 Å². The maximum Gasteiger partial charge on any atom is 0.413 e. The predicted molar refractivity (Wildman–Crippen MR) is 67.3 cm³/mol. The standard InChI is InChI=1S/C9H11Br2N3O2/c1-9(2,3)16-8(15)14-7-6(11)13-5(10)4-12-7/h4H,1-3H3,(H,12,14,15). The van der Waals surface area contributed by atoms with Gasteiger partial charge in [0.15, 0.2) is 5.82 Å². The topological polar surface area (TPSA) is 64.1 Å². The molecule has 0 saturated carbocycles. The molecule has 0 atom stereocenters. The first kappa shape index (κ1) is 13.4. The van der Waals surface area contributed by atoms with Gasteiger partial charge < -0.3 is 4.74 Å². The highest BCUT2D eigenvalue weighted by Crippen LogP contribution is 2.20. The average molecular weight is 353 g/mol. The zero-order valence-corrected chi connectivity index (χ0v) is 12.2. The van der Waals surface area contributed by atoms with Gasteiger partial charge in [-0.2, -0.15) is 0 Å². The fourth-order valence-electron chi connectivity index (χ4n) is 0.831. The van der Waals surface area contributed by atoms with Crippen LogP contribution in [0.1, 0.15) is 20.8 Å². The van der Waals surface area contributed by atoms with Gasteiger partial charge in [0.25, 0.3) is 0 Å². The molecule has 1 aromatic heterocycles. The summed E-state index contributed by atoms with van der Waals surface area (Å²) in [6, 6.07) is 0. The fourth-order valence-corrected chi connectivity index (χ4v) is 1.74. The third-order valence-corrected chi connectivity index (χ3v) is 2.25. The molecule has 0 bridgehead atoms. The number of ether oxygens (including phenoxy) is 1. The molecule has 0 spiro atoms. The average Bonchev–Trinajstić information content (AvgIpc) is 2.06. The van der Waals surface area contributed by atoms with Gasteiger partial charge in [0.05, 0.1) is 6.20 Å². The van der Waals surface area contributed by atoms with Crippen LogP contribution >= 0.6 is 31.9 Å². The zero-order chi connectivity index (χ0) is 12.3. The van der Waals surface area contributed by atoms with E-state index in [1.54, 1.807) is 20.8 Å². The summed E-state index contributed by atoms with van der Waals surface area (Å²) in [4.78, 5) is 19.4. The van der Waals surface area contributed by atoms with Gasteiger partial charge in [0.1, 0.15) is 14.8 Å². The molecule has 0 unspecified atom stereocenters. The first-order valence-corrected chi connectivity index (χ1v) is 6.04. The Morgan fingerprint density at radius 1 is 1.44 bits per heavy atom. The van der Waals surface area contributed by atoms with E-state index in [4.69, 9.17) is 4.74 Å². The normalized spacial score (nSPS) is 11.1. The molecule has 16 heavy (non-hydrogen) atoms. The van der Waals surface area contributed by atoms with E-state index in [0.29, 0.717) is 15.0 Å². The highest BCUT2D eigenvalue weighted by molar-refractivity contribution is 9.11. The predicted octanol–water partition coefficient (Wildman–Crippen LogP) is 3.35. The third kappa shape index (κ3) is 4.44. The summed E-state index contributed by atoms with van der Waals surface area (Å²) in [6.07, 6.45) is 0.919. The van der Waals surface area contributed by atoms with E-state index in [2.05, 4.69) is 47.1 Å². The number of aromatic nitrogens is 2. The van der Waals surface area contributed by atoms with Crippen molar-refractivity contribution < 1.29 is 9.53 Å². The number of amides is 1. The Kier molecular flexibility index (Phi) is 4.26. The van der Waals surface area contributed by atoms with Crippen LogP contribution in [0.5, 0.6) is 0 Å². The number of rotatable bonds is 1. The van der Waals surface area contributed by atoms with E-state index in [0.717, 1.165) is 0 Å². The summed E-state index contributed by atoms with van der Waals surface area (Å²) < 4.78 is 6.09. The fraction of sp³-hybridized carbons (Fsp3) is 0.444. The Morgan fingerprint density at radius 3 is 2.56 bits per heavy atom. The lowest BCUT2D eigenvalue weighted by molar-refractivity contribution is 0.0635. The Labute approximate surface area is 110 Å². The molecular formula is C9H11Br2N3O2. The molecule has 1 amide bonds. The van der Waals surface area contributed by atoms with Crippen molar-refractivity contribution in [1.29, 1.82) is 0 Å². The van der Waals surface area contributed by atoms with E-state index in [1.807, 2.05) is 0 Å². The van der Waals surface area contributed by atoms with Gasteiger partial charge in [-0.25, -0.2) is 14.8 Å². The Hall–Kier alpha value is -0.690. The van der Waals surface area contributed by atoms with Gasteiger partial charge in [-0.1, -0.05) is 0 Å². The lowest BCUT2D eigenvalue weighted by Gasteiger charge is -2.19. The van der Waals surface area contributed by atoms with E-state index in [-0.39, 0.29) is 0 Å². The third-order valence-electron chi connectivity index (χ3n) is 1.32. The van der Waals surface area contributed by atoms with Gasteiger partial charge in [0, 0.05) is 0 Å². The number of anilines is 1. The maximum atomic E-state index is 11.4. The lowest BCUT2D eigenvalue weighted by Crippen LogP contribution is -2.27. The van der Waals surface area contributed by atoms with Crippen molar-refractivity contribution in [3.63, 3.8) is 0 Å². The van der Waals surface area contributed by atoms with Crippen LogP contribution in [0.25, 0.3) is 0 Å². The molecular weight excluding hydrogens is 342 g/mol. The maximum absolute atomic E-state index is 11.4. The van der Waals surface area contributed by atoms with Crippen LogP contribution in [0, 0.1) is 0 Å². The number of halogens is 2. The van der Waals surface area contributed by atoms with Crippen molar-refractivity contribution in [3.05, 3.63) is 15.4 Å². The lowest BCUT2D eigenvalue weighted by atomic mass is 10.2. The second-order valence-electron chi connectivity index (χ2n) is 3.96. The number of hydrogen-bond donors (Lipinski definition) is 1. The Balaban J connectivity index is 2.70. The van der Waals surface area contributed by atoms with Crippen LogP contribution < -0.4 is 5.32 Å². The molecule has 0 radical (unpaired) electrons. The summed E-state index contributed by atoms with van der Waals surface area (Å²) >= 11 is 6.35. The van der Waals surface area contributed by atoms with Gasteiger partial charge in [-0.3, -0.25) is 5.32 Å². The van der Waals surface area contributed by atoms with Gasteiger partial charge in [-0.15, -0.1) is 0 Å². The van der Waals surface area contributed by atoms with E-state index in [9.17, 15) is 4.79 Å². The second-order valence-corrected chi connectivity index (χ2v) is 5.52. The van der Waals surface area contributed by atoms with E-state index < -0.39 is 11.7 Å². The first-order valence-electron chi connectivity index (χ1n) is 4.46. The second kappa shape index (κ2) is 5.09. The molecule has 1 heterocycles. The van der Waals surface area contributed by atoms with Crippen molar-refractivity contribution >= 4 is 43.8 Å². The summed E-state index contributed by atoms with van der Waals surface area (Å²) in [6.45, 7) is 5.36. The van der Waals surface area contributed by atoms with Crippen molar-refractivity contribution in [2.75, 3.05) is 5.32 Å². The van der Waals surface area contributed by atoms with Crippen molar-refractivity contribution in [2.24, 2.45) is 0 Å². The number of nitrogens with one attached hydrogen (secondary N) is 1.